The van der Waals surface area contributed by atoms with Crippen LogP contribution in [0.15, 0.2) is 59.7 Å². The number of aliphatic hydroxyl groups is 1. The lowest BCUT2D eigenvalue weighted by atomic mass is 9.85. The van der Waals surface area contributed by atoms with Gasteiger partial charge in [-0.1, -0.05) is 23.7 Å². The van der Waals surface area contributed by atoms with Gasteiger partial charge in [-0.3, -0.25) is 18.9 Å². The molecule has 1 fully saturated rings. The molecule has 210 valence electrons. The van der Waals surface area contributed by atoms with E-state index in [1.54, 1.807) is 49.7 Å². The molecule has 10 heteroatoms. The molecule has 0 aliphatic heterocycles. The minimum Gasteiger partial charge on any atom is -0.475 e. The van der Waals surface area contributed by atoms with Crippen molar-refractivity contribution in [1.29, 1.82) is 0 Å². The first-order valence-corrected chi connectivity index (χ1v) is 13.9. The van der Waals surface area contributed by atoms with E-state index >= 15 is 0 Å². The molecular weight excluding hydrogens is 530 g/mol. The average molecular weight is 564 g/mol. The first kappa shape index (κ1) is 27.9. The third-order valence-electron chi connectivity index (χ3n) is 7.31. The van der Waals surface area contributed by atoms with Gasteiger partial charge in [0, 0.05) is 24.8 Å². The Morgan fingerprint density at radius 1 is 1.10 bits per heavy atom. The van der Waals surface area contributed by atoms with Gasteiger partial charge in [0.15, 0.2) is 0 Å². The minimum atomic E-state index is -0.970. The van der Waals surface area contributed by atoms with Crippen LogP contribution in [0.2, 0.25) is 5.02 Å². The summed E-state index contributed by atoms with van der Waals surface area (Å²) in [7, 11) is 0. The fraction of sp³-hybridized carbons (Fsp3) is 0.400. The summed E-state index contributed by atoms with van der Waals surface area (Å²) in [4.78, 5) is 35.0. The van der Waals surface area contributed by atoms with Gasteiger partial charge in [-0.2, -0.15) is 0 Å². The lowest BCUT2D eigenvalue weighted by Gasteiger charge is -2.29. The van der Waals surface area contributed by atoms with Crippen LogP contribution in [0.4, 0.5) is 0 Å². The predicted octanol–water partition coefficient (Wildman–Crippen LogP) is 4.68. The highest BCUT2D eigenvalue weighted by Gasteiger charge is 2.26. The van der Waals surface area contributed by atoms with Gasteiger partial charge in [0.05, 0.1) is 44.8 Å². The average Bonchev–Trinajstić information content (AvgIpc) is 3.20. The zero-order chi connectivity index (χ0) is 28.4. The Labute approximate surface area is 237 Å². The molecule has 3 aromatic heterocycles. The first-order valence-electron chi connectivity index (χ1n) is 13.5. The Morgan fingerprint density at radius 3 is 2.50 bits per heavy atom. The fourth-order valence-electron chi connectivity index (χ4n) is 5.22. The topological polar surface area (TPSA) is 111 Å². The number of nitrogens with one attached hydrogen (secondary N) is 1. The minimum absolute atomic E-state index is 0.0726. The summed E-state index contributed by atoms with van der Waals surface area (Å²) in [5.74, 6) is 0.545. The van der Waals surface area contributed by atoms with Crippen LogP contribution in [0.5, 0.6) is 5.88 Å². The van der Waals surface area contributed by atoms with E-state index in [-0.39, 0.29) is 24.2 Å². The molecule has 5 rings (SSSR count). The van der Waals surface area contributed by atoms with Gasteiger partial charge in [0.1, 0.15) is 6.61 Å². The number of ether oxygens (including phenoxy) is 1. The molecule has 40 heavy (non-hydrogen) atoms. The first-order chi connectivity index (χ1) is 19.1. The number of nitrogens with zero attached hydrogens (tertiary/aromatic N) is 4. The second kappa shape index (κ2) is 11.4. The van der Waals surface area contributed by atoms with E-state index < -0.39 is 5.60 Å². The summed E-state index contributed by atoms with van der Waals surface area (Å²) >= 11 is 6.04. The van der Waals surface area contributed by atoms with E-state index in [4.69, 9.17) is 16.3 Å². The molecule has 4 aromatic rings. The number of hydrogen-bond donors (Lipinski definition) is 2. The number of aryl methyl sites for hydroxylation is 1. The van der Waals surface area contributed by atoms with Crippen LogP contribution >= 0.6 is 11.6 Å². The highest BCUT2D eigenvalue weighted by Crippen LogP contribution is 2.28. The lowest BCUT2D eigenvalue weighted by Crippen LogP contribution is -2.39. The van der Waals surface area contributed by atoms with Gasteiger partial charge in [-0.25, -0.2) is 9.78 Å². The molecule has 0 spiro atoms. The van der Waals surface area contributed by atoms with E-state index in [0.717, 1.165) is 36.7 Å². The number of pyridine rings is 2. The molecule has 0 radical (unpaired) electrons. The number of fused-ring (bicyclic) bond motifs is 1. The number of para-hydroxylation sites is 2. The fourth-order valence-corrected chi connectivity index (χ4v) is 5.38. The summed E-state index contributed by atoms with van der Waals surface area (Å²) in [5, 5.41) is 13.5. The molecule has 1 amide bonds. The summed E-state index contributed by atoms with van der Waals surface area (Å²) < 4.78 is 9.09. The zero-order valence-electron chi connectivity index (χ0n) is 22.9. The van der Waals surface area contributed by atoms with Crippen LogP contribution in [0.1, 0.15) is 55.6 Å². The molecule has 2 N–H and O–H groups in total. The predicted molar refractivity (Wildman–Crippen MR) is 154 cm³/mol. The summed E-state index contributed by atoms with van der Waals surface area (Å²) in [5.41, 5.74) is 2.39. The largest absolute Gasteiger partial charge is 0.475 e. The second-order valence-electron chi connectivity index (χ2n) is 11.2. The Kier molecular flexibility index (Phi) is 7.96. The smallest absolute Gasteiger partial charge is 0.333 e. The monoisotopic (exact) mass is 563 g/mol. The van der Waals surface area contributed by atoms with Crippen LogP contribution in [0, 0.1) is 12.8 Å². The number of benzene rings is 1. The number of halogens is 1. The molecular formula is C30H34ClN5O4. The molecule has 0 saturated heterocycles. The number of carbonyl (C=O) groups is 1. The van der Waals surface area contributed by atoms with E-state index in [2.05, 4.69) is 15.3 Å². The SMILES string of the molecule is Cc1ncc(Cl)cc1C(=O)N[C@H]1CC[C@H](Cn2c(=O)n(-c3ccc(OCC(C)(C)O)nc3)c3ccccc32)CC1. The Morgan fingerprint density at radius 2 is 1.82 bits per heavy atom. The van der Waals surface area contributed by atoms with E-state index in [1.807, 2.05) is 28.8 Å². The number of hydrogen-bond acceptors (Lipinski definition) is 6. The van der Waals surface area contributed by atoms with Gasteiger partial charge in [-0.05, 0) is 76.6 Å². The number of rotatable bonds is 8. The van der Waals surface area contributed by atoms with Crippen molar-refractivity contribution >= 4 is 28.5 Å². The Balaban J connectivity index is 1.28. The molecule has 9 nitrogen and oxygen atoms in total. The molecule has 1 saturated carbocycles. The second-order valence-corrected chi connectivity index (χ2v) is 11.6. The summed E-state index contributed by atoms with van der Waals surface area (Å²) in [6, 6.07) is 13.0. The molecule has 0 bridgehead atoms. The van der Waals surface area contributed by atoms with Crippen LogP contribution in [-0.4, -0.2) is 48.4 Å². The molecule has 1 aromatic carbocycles. The van der Waals surface area contributed by atoms with Crippen LogP contribution in [-0.2, 0) is 6.54 Å². The van der Waals surface area contributed by atoms with Crippen LogP contribution in [0.3, 0.4) is 0 Å². The molecule has 0 unspecified atom stereocenters. The number of amides is 1. The van der Waals surface area contributed by atoms with E-state index in [0.29, 0.717) is 40.3 Å². The third kappa shape index (κ3) is 6.21. The van der Waals surface area contributed by atoms with Gasteiger partial charge in [0.2, 0.25) is 5.88 Å². The molecule has 0 atom stereocenters. The Hall–Kier alpha value is -3.69. The maximum atomic E-state index is 13.7. The quantitative estimate of drug-likeness (QED) is 0.322. The standard InChI is InChI=1S/C30H34ClN5O4/c1-19-24(14-21(31)15-32-19)28(37)34-22-10-8-20(9-11-22)17-35-25-6-4-5-7-26(25)36(29(35)38)23-12-13-27(33-16-23)40-18-30(2,3)39/h4-7,12-16,20,22,39H,8-11,17-18H2,1-3H3,(H,34,37)/t20-,22-. The number of aromatic nitrogens is 4. The zero-order valence-corrected chi connectivity index (χ0v) is 23.7. The maximum Gasteiger partial charge on any atom is 0.333 e. The van der Waals surface area contributed by atoms with Crippen LogP contribution in [0.25, 0.3) is 16.7 Å². The number of carbonyl (C=O) groups excluding carboxylic acids is 1. The maximum absolute atomic E-state index is 13.7. The third-order valence-corrected chi connectivity index (χ3v) is 7.52. The van der Waals surface area contributed by atoms with Gasteiger partial charge < -0.3 is 15.2 Å². The van der Waals surface area contributed by atoms with Crippen LogP contribution < -0.4 is 15.7 Å². The van der Waals surface area contributed by atoms with Crippen molar-refractivity contribution in [2.24, 2.45) is 5.92 Å². The van der Waals surface area contributed by atoms with Crippen molar-refractivity contribution in [3.05, 3.63) is 81.6 Å². The highest BCUT2D eigenvalue weighted by molar-refractivity contribution is 6.30. The number of imidazole rings is 1. The lowest BCUT2D eigenvalue weighted by molar-refractivity contribution is 0.0268. The molecule has 1 aliphatic carbocycles. The van der Waals surface area contributed by atoms with Crippen molar-refractivity contribution in [1.82, 2.24) is 24.4 Å². The highest BCUT2D eigenvalue weighted by atomic mass is 35.5. The van der Waals surface area contributed by atoms with Crippen molar-refractivity contribution in [3.63, 3.8) is 0 Å². The van der Waals surface area contributed by atoms with Gasteiger partial charge >= 0.3 is 5.69 Å². The summed E-state index contributed by atoms with van der Waals surface area (Å²) in [6.07, 6.45) is 6.64. The van der Waals surface area contributed by atoms with E-state index in [9.17, 15) is 14.7 Å². The van der Waals surface area contributed by atoms with Gasteiger partial charge in [0.25, 0.3) is 5.91 Å². The van der Waals surface area contributed by atoms with Crippen molar-refractivity contribution in [3.8, 4) is 11.6 Å². The van der Waals surface area contributed by atoms with Crippen molar-refractivity contribution in [2.75, 3.05) is 6.61 Å². The van der Waals surface area contributed by atoms with Crippen molar-refractivity contribution in [2.45, 2.75) is 64.6 Å². The Bertz CT molecular complexity index is 1560. The molecule has 3 heterocycles. The normalized spacial score (nSPS) is 17.6. The summed E-state index contributed by atoms with van der Waals surface area (Å²) in [6.45, 7) is 5.84. The van der Waals surface area contributed by atoms with E-state index in [1.165, 1.54) is 6.20 Å². The van der Waals surface area contributed by atoms with Gasteiger partial charge in [-0.15, -0.1) is 0 Å². The molecule has 1 aliphatic rings. The van der Waals surface area contributed by atoms with Crippen molar-refractivity contribution < 1.29 is 14.6 Å².